The zero-order valence-electron chi connectivity index (χ0n) is 12.3. The predicted molar refractivity (Wildman–Crippen MR) is 88.0 cm³/mol. The highest BCUT2D eigenvalue weighted by Gasteiger charge is 2.12. The predicted octanol–water partition coefficient (Wildman–Crippen LogP) is 2.21. The van der Waals surface area contributed by atoms with Gasteiger partial charge in [0.25, 0.3) is 0 Å². The van der Waals surface area contributed by atoms with Gasteiger partial charge in [-0.25, -0.2) is 4.98 Å². The van der Waals surface area contributed by atoms with E-state index in [2.05, 4.69) is 10.3 Å². The molecule has 2 aromatic rings. The maximum Gasteiger partial charge on any atom is 0.241 e. The van der Waals surface area contributed by atoms with Crippen LogP contribution in [0.3, 0.4) is 0 Å². The molecular weight excluding hydrogens is 322 g/mol. The normalized spacial score (nSPS) is 10.3. The lowest BCUT2D eigenvalue weighted by molar-refractivity contribution is -0.130. The number of aromatic nitrogens is 1. The van der Waals surface area contributed by atoms with E-state index in [1.54, 1.807) is 20.2 Å². The fraction of sp³-hybridized carbons (Fsp3) is 0.267. The molecule has 2 rings (SSSR count). The van der Waals surface area contributed by atoms with Crippen molar-refractivity contribution in [3.63, 3.8) is 0 Å². The topological polar surface area (TPSA) is 62.3 Å². The standard InChI is InChI=1S/C15H16ClN3O2S/c1-19(2)14(21)8-17-13(20)7-10-9-22-15(18-10)11-5-3-4-6-12(11)16/h3-6,9H,7-8H2,1-2H3,(H,17,20). The summed E-state index contributed by atoms with van der Waals surface area (Å²) < 4.78 is 0. The number of thiazole rings is 1. The summed E-state index contributed by atoms with van der Waals surface area (Å²) in [7, 11) is 3.29. The SMILES string of the molecule is CN(C)C(=O)CNC(=O)Cc1csc(-c2ccccc2Cl)n1. The average molecular weight is 338 g/mol. The molecule has 0 saturated heterocycles. The van der Waals surface area contributed by atoms with Crippen molar-refractivity contribution < 1.29 is 9.59 Å². The quantitative estimate of drug-likeness (QED) is 0.910. The molecule has 1 aromatic carbocycles. The zero-order chi connectivity index (χ0) is 16.1. The molecule has 0 aliphatic carbocycles. The Labute approximate surface area is 137 Å². The number of nitrogens with one attached hydrogen (secondary N) is 1. The highest BCUT2D eigenvalue weighted by molar-refractivity contribution is 7.13. The van der Waals surface area contributed by atoms with Gasteiger partial charge in [-0.05, 0) is 6.07 Å². The second-order valence-electron chi connectivity index (χ2n) is 4.87. The minimum Gasteiger partial charge on any atom is -0.347 e. The highest BCUT2D eigenvalue weighted by Crippen LogP contribution is 2.30. The second kappa shape index (κ2) is 7.38. The van der Waals surface area contributed by atoms with Gasteiger partial charge < -0.3 is 10.2 Å². The third-order valence-corrected chi connectivity index (χ3v) is 4.19. The summed E-state index contributed by atoms with van der Waals surface area (Å²) in [6, 6.07) is 7.44. The van der Waals surface area contributed by atoms with Gasteiger partial charge >= 0.3 is 0 Å². The molecule has 0 fully saturated rings. The lowest BCUT2D eigenvalue weighted by atomic mass is 10.2. The van der Waals surface area contributed by atoms with Crippen LogP contribution in [0.2, 0.25) is 5.02 Å². The van der Waals surface area contributed by atoms with Crippen LogP contribution < -0.4 is 5.32 Å². The Morgan fingerprint density at radius 2 is 2.05 bits per heavy atom. The lowest BCUT2D eigenvalue weighted by Gasteiger charge is -2.10. The molecule has 0 aliphatic heterocycles. The lowest BCUT2D eigenvalue weighted by Crippen LogP contribution is -2.36. The number of amides is 2. The third-order valence-electron chi connectivity index (χ3n) is 2.93. The Kier molecular flexibility index (Phi) is 5.51. The van der Waals surface area contributed by atoms with E-state index in [-0.39, 0.29) is 24.8 Å². The van der Waals surface area contributed by atoms with E-state index in [0.29, 0.717) is 10.7 Å². The van der Waals surface area contributed by atoms with Crippen molar-refractivity contribution in [3.05, 3.63) is 40.4 Å². The number of hydrogen-bond acceptors (Lipinski definition) is 4. The molecule has 0 saturated carbocycles. The van der Waals surface area contributed by atoms with Crippen LogP contribution in [0.5, 0.6) is 0 Å². The monoisotopic (exact) mass is 337 g/mol. The number of likely N-dealkylation sites (N-methyl/N-ethyl adjacent to an activating group) is 1. The van der Waals surface area contributed by atoms with Crippen LogP contribution in [0.15, 0.2) is 29.6 Å². The average Bonchev–Trinajstić information content (AvgIpc) is 2.93. The Balaban J connectivity index is 1.96. The summed E-state index contributed by atoms with van der Waals surface area (Å²) in [6.45, 7) is -0.00661. The Bertz CT molecular complexity index is 685. The van der Waals surface area contributed by atoms with Gasteiger partial charge in [0, 0.05) is 25.0 Å². The van der Waals surface area contributed by atoms with Crippen LogP contribution in [0.4, 0.5) is 0 Å². The smallest absolute Gasteiger partial charge is 0.241 e. The van der Waals surface area contributed by atoms with Crippen molar-refractivity contribution >= 4 is 34.8 Å². The Hall–Kier alpha value is -1.92. The largest absolute Gasteiger partial charge is 0.347 e. The van der Waals surface area contributed by atoms with Crippen LogP contribution in [0.25, 0.3) is 10.6 Å². The first-order valence-corrected chi connectivity index (χ1v) is 7.89. The first-order valence-electron chi connectivity index (χ1n) is 6.63. The van der Waals surface area contributed by atoms with E-state index in [4.69, 9.17) is 11.6 Å². The summed E-state index contributed by atoms with van der Waals surface area (Å²) in [5.41, 5.74) is 1.51. The molecule has 1 aromatic heterocycles. The second-order valence-corrected chi connectivity index (χ2v) is 6.13. The van der Waals surface area contributed by atoms with Crippen LogP contribution in [0, 0.1) is 0 Å². The number of benzene rings is 1. The summed E-state index contributed by atoms with van der Waals surface area (Å²) >= 11 is 7.57. The van der Waals surface area contributed by atoms with Gasteiger partial charge in [0.05, 0.1) is 23.7 Å². The van der Waals surface area contributed by atoms with E-state index < -0.39 is 0 Å². The molecule has 1 heterocycles. The first kappa shape index (κ1) is 16.5. The molecule has 116 valence electrons. The molecule has 0 radical (unpaired) electrons. The van der Waals surface area contributed by atoms with Gasteiger partial charge in [-0.15, -0.1) is 11.3 Å². The molecule has 5 nitrogen and oxygen atoms in total. The molecule has 0 atom stereocenters. The molecule has 22 heavy (non-hydrogen) atoms. The molecule has 0 bridgehead atoms. The van der Waals surface area contributed by atoms with Gasteiger partial charge in [0.2, 0.25) is 11.8 Å². The molecule has 0 aliphatic rings. The van der Waals surface area contributed by atoms with Crippen molar-refractivity contribution in [3.8, 4) is 10.6 Å². The molecule has 2 amide bonds. The molecule has 1 N–H and O–H groups in total. The number of nitrogens with zero attached hydrogens (tertiary/aromatic N) is 2. The minimum atomic E-state index is -0.230. The Morgan fingerprint density at radius 1 is 1.32 bits per heavy atom. The van der Waals surface area contributed by atoms with Crippen molar-refractivity contribution in [1.29, 1.82) is 0 Å². The van der Waals surface area contributed by atoms with E-state index >= 15 is 0 Å². The molecule has 7 heteroatoms. The van der Waals surface area contributed by atoms with Crippen LogP contribution in [0.1, 0.15) is 5.69 Å². The minimum absolute atomic E-state index is 0.00661. The third kappa shape index (κ3) is 4.29. The van der Waals surface area contributed by atoms with Gasteiger partial charge in [-0.2, -0.15) is 0 Å². The maximum absolute atomic E-state index is 11.8. The van der Waals surface area contributed by atoms with Gasteiger partial charge in [0.15, 0.2) is 0 Å². The van der Waals surface area contributed by atoms with Crippen LogP contribution >= 0.6 is 22.9 Å². The number of halogens is 1. The highest BCUT2D eigenvalue weighted by atomic mass is 35.5. The molecule has 0 unspecified atom stereocenters. The van der Waals surface area contributed by atoms with Crippen molar-refractivity contribution in [2.45, 2.75) is 6.42 Å². The summed E-state index contributed by atoms with van der Waals surface area (Å²) in [5, 5.41) is 5.81. The first-order chi connectivity index (χ1) is 10.5. The number of hydrogen-bond donors (Lipinski definition) is 1. The maximum atomic E-state index is 11.8. The summed E-state index contributed by atoms with van der Waals surface area (Å²) in [6.07, 6.45) is 0.141. The van der Waals surface area contributed by atoms with E-state index in [9.17, 15) is 9.59 Å². The Morgan fingerprint density at radius 3 is 2.73 bits per heavy atom. The van der Waals surface area contributed by atoms with Gasteiger partial charge in [0.1, 0.15) is 5.01 Å². The van der Waals surface area contributed by atoms with E-state index in [1.807, 2.05) is 23.6 Å². The van der Waals surface area contributed by atoms with Crippen LogP contribution in [-0.4, -0.2) is 42.3 Å². The van der Waals surface area contributed by atoms with Crippen molar-refractivity contribution in [2.75, 3.05) is 20.6 Å². The molecular formula is C15H16ClN3O2S. The fourth-order valence-electron chi connectivity index (χ4n) is 1.71. The fourth-order valence-corrected chi connectivity index (χ4v) is 2.85. The van der Waals surface area contributed by atoms with E-state index in [1.165, 1.54) is 16.2 Å². The van der Waals surface area contributed by atoms with E-state index in [0.717, 1.165) is 10.6 Å². The zero-order valence-corrected chi connectivity index (χ0v) is 13.9. The summed E-state index contributed by atoms with van der Waals surface area (Å²) in [4.78, 5) is 29.1. The van der Waals surface area contributed by atoms with Gasteiger partial charge in [-0.3, -0.25) is 9.59 Å². The summed E-state index contributed by atoms with van der Waals surface area (Å²) in [5.74, 6) is -0.380. The number of carbonyl (C=O) groups is 2. The van der Waals surface area contributed by atoms with Crippen LogP contribution in [-0.2, 0) is 16.0 Å². The number of rotatable bonds is 5. The van der Waals surface area contributed by atoms with Crippen molar-refractivity contribution in [2.24, 2.45) is 0 Å². The van der Waals surface area contributed by atoms with Crippen molar-refractivity contribution in [1.82, 2.24) is 15.2 Å². The van der Waals surface area contributed by atoms with Gasteiger partial charge in [-0.1, -0.05) is 29.8 Å². The molecule has 0 spiro atoms. The number of carbonyl (C=O) groups excluding carboxylic acids is 2.